The Morgan fingerprint density at radius 3 is 1.22 bits per heavy atom. The molecule has 0 aromatic rings. The summed E-state index contributed by atoms with van der Waals surface area (Å²) in [7, 11) is -0.873. The molecule has 0 aliphatic carbocycles. The van der Waals surface area contributed by atoms with Gasteiger partial charge in [0, 0.05) is 0 Å². The predicted molar refractivity (Wildman–Crippen MR) is 37.8 cm³/mol. The minimum absolute atomic E-state index is 0. The van der Waals surface area contributed by atoms with E-state index in [4.69, 9.17) is 0 Å². The molecule has 0 aromatic heterocycles. The zero-order valence-corrected chi connectivity index (χ0v) is 20.5. The van der Waals surface area contributed by atoms with E-state index in [1.165, 1.54) is 0 Å². The van der Waals surface area contributed by atoms with Crippen molar-refractivity contribution in [3.8, 4) is 0 Å². The average Bonchev–Trinajstić information content (AvgIpc) is 1.68. The first-order chi connectivity index (χ1) is 3.12. The average molecular weight is 648 g/mol. The summed E-state index contributed by atoms with van der Waals surface area (Å²) in [6.07, 6.45) is 0. The van der Waals surface area contributed by atoms with Gasteiger partial charge in [0.25, 0.3) is 0 Å². The molecule has 0 saturated heterocycles. The van der Waals surface area contributed by atoms with E-state index >= 15 is 0 Å². The molecule has 0 spiro atoms. The minimum Gasteiger partial charge on any atom is -0.346 e. The van der Waals surface area contributed by atoms with Crippen LogP contribution in [0.15, 0.2) is 0 Å². The maximum Gasteiger partial charge on any atom is 0 e. The van der Waals surface area contributed by atoms with Gasteiger partial charge in [0.1, 0.15) is 0 Å². The first kappa shape index (κ1) is 15.7. The van der Waals surface area contributed by atoms with Crippen LogP contribution in [0.25, 0.3) is 0 Å². The molecule has 48 valence electrons. The standard InChI is InChI=1S/C6H14Si.2Rf/c1-5-7(3,4)6-2;;/h1-2,5-6H2,3-4H3;;/q-2;;. The van der Waals surface area contributed by atoms with E-state index in [0.29, 0.717) is 0 Å². The smallest absolute Gasteiger partial charge is 0 e. The van der Waals surface area contributed by atoms with E-state index in [0.717, 1.165) is 12.1 Å². The Bertz CT molecular complexity index is 49.0. The molecular formula is C6H14Rf2Si-2. The molecule has 0 rings (SSSR count). The summed E-state index contributed by atoms with van der Waals surface area (Å²) in [6, 6.07) is 2.24. The van der Waals surface area contributed by atoms with Crippen molar-refractivity contribution in [1.29, 1.82) is 0 Å². The summed E-state index contributed by atoms with van der Waals surface area (Å²) in [6.45, 7) is 12.3. The Balaban J connectivity index is -0.000000180. The zero-order valence-electron chi connectivity index (χ0n) is 6.74. The van der Waals surface area contributed by atoms with Crippen LogP contribution in [0, 0.1) is 13.8 Å². The van der Waals surface area contributed by atoms with Crippen molar-refractivity contribution < 1.29 is 0 Å². The first-order valence-electron chi connectivity index (χ1n) is 2.71. The van der Waals surface area contributed by atoms with E-state index < -0.39 is 8.07 Å². The van der Waals surface area contributed by atoms with Gasteiger partial charge in [0.2, 0.25) is 0 Å². The molecule has 0 aliphatic heterocycles. The number of rotatable bonds is 2. The fourth-order valence-corrected chi connectivity index (χ4v) is 0.375. The predicted octanol–water partition coefficient (Wildman–Crippen LogP) is 2.36. The van der Waals surface area contributed by atoms with Crippen molar-refractivity contribution >= 4 is 8.07 Å². The third-order valence-corrected chi connectivity index (χ3v) is 4.06. The summed E-state index contributed by atoms with van der Waals surface area (Å²) < 4.78 is 0. The van der Waals surface area contributed by atoms with Gasteiger partial charge in [0.05, 0.1) is 0 Å². The van der Waals surface area contributed by atoms with Crippen molar-refractivity contribution in [2.45, 2.75) is 25.2 Å². The molecule has 0 atom stereocenters. The molecule has 0 radical (unpaired) electrons. The second kappa shape index (κ2) is 4.38. The van der Waals surface area contributed by atoms with Crippen molar-refractivity contribution in [2.24, 2.45) is 0 Å². The number of hydrogen-bond acceptors (Lipinski definition) is 0. The molecule has 0 aromatic carbocycles. The molecule has 0 nitrogen and oxygen atoms in total. The van der Waals surface area contributed by atoms with Crippen molar-refractivity contribution in [2.75, 3.05) is 0 Å². The van der Waals surface area contributed by atoms with E-state index in [-0.39, 0.29) is 0 Å². The Hall–Kier alpha value is -1.78. The zero-order chi connectivity index (χ0) is 5.91. The van der Waals surface area contributed by atoms with E-state index in [2.05, 4.69) is 26.9 Å². The maximum atomic E-state index is 3.85. The van der Waals surface area contributed by atoms with Crippen LogP contribution in [0.3, 0.4) is 0 Å². The topological polar surface area (TPSA) is 0 Å². The Kier molecular flexibility index (Phi) is 7.63. The Morgan fingerprint density at radius 1 is 1.00 bits per heavy atom. The molecule has 0 bridgehead atoms. The van der Waals surface area contributed by atoms with E-state index in [1.807, 2.05) is 0 Å². The summed E-state index contributed by atoms with van der Waals surface area (Å²) in [4.78, 5) is 0. The summed E-state index contributed by atoms with van der Waals surface area (Å²) >= 11 is 0. The van der Waals surface area contributed by atoms with Gasteiger partial charge >= 0.3 is 0 Å². The third-order valence-electron chi connectivity index (χ3n) is 1.35. The molecule has 3 heteroatoms. The molecule has 0 N–H and O–H groups in total. The van der Waals surface area contributed by atoms with Crippen molar-refractivity contribution in [1.82, 2.24) is 0 Å². The summed E-state index contributed by atoms with van der Waals surface area (Å²) in [5.41, 5.74) is 0. The molecule has 0 fully saturated rings. The van der Waals surface area contributed by atoms with Gasteiger partial charge in [0.15, 0.2) is 0 Å². The fourth-order valence-electron chi connectivity index (χ4n) is 0.125. The SMILES string of the molecule is [CH2-]C[Si](C)(C)C[CH2-].[Rf].[Rf]. The summed E-state index contributed by atoms with van der Waals surface area (Å²) in [5, 5.41) is 0. The third kappa shape index (κ3) is 6.22. The molecule has 0 amide bonds. The van der Waals surface area contributed by atoms with Gasteiger partial charge in [-0.3, -0.25) is 0 Å². The van der Waals surface area contributed by atoms with Crippen LogP contribution in [-0.2, 0) is 0 Å². The monoisotopic (exact) mass is 648 g/mol. The van der Waals surface area contributed by atoms with Crippen LogP contribution in [0.2, 0.25) is 25.2 Å². The molecular weight excluding hydrogens is 634 g/mol. The van der Waals surface area contributed by atoms with Crippen LogP contribution in [-0.4, -0.2) is 8.07 Å². The quantitative estimate of drug-likeness (QED) is 0.319. The van der Waals surface area contributed by atoms with Crippen LogP contribution in [0.1, 0.15) is 0 Å². The molecule has 0 aliphatic rings. The Labute approximate surface area is 47.9 Å². The maximum absolute atomic E-state index is 3.85. The molecule has 0 unspecified atom stereocenters. The van der Waals surface area contributed by atoms with Gasteiger partial charge in [-0.15, -0.1) is 0 Å². The molecule has 0 saturated carbocycles. The van der Waals surface area contributed by atoms with Crippen LogP contribution in [0.5, 0.6) is 0 Å². The minimum atomic E-state index is -0.873. The van der Waals surface area contributed by atoms with Crippen molar-refractivity contribution in [3.63, 3.8) is 0 Å². The van der Waals surface area contributed by atoms with Gasteiger partial charge in [-0.25, -0.2) is 0 Å². The number of hydrogen-bond donors (Lipinski definition) is 0. The summed E-state index contributed by atoms with van der Waals surface area (Å²) in [5.74, 6) is 0. The van der Waals surface area contributed by atoms with Gasteiger partial charge in [-0.05, 0) is 8.07 Å². The Morgan fingerprint density at radius 2 is 1.22 bits per heavy atom. The van der Waals surface area contributed by atoms with Crippen LogP contribution >= 0.6 is 0 Å². The second-order valence-corrected chi connectivity index (χ2v) is 7.99. The normalized spacial score (nSPS) is 9.33. The van der Waals surface area contributed by atoms with Crippen molar-refractivity contribution in [3.05, 3.63) is 13.8 Å². The van der Waals surface area contributed by atoms with Gasteiger partial charge in [-0.1, -0.05) is 13.1 Å². The van der Waals surface area contributed by atoms with Gasteiger partial charge in [-0.2, -0.15) is 12.1 Å². The van der Waals surface area contributed by atoms with Gasteiger partial charge < -0.3 is 13.8 Å². The fraction of sp³-hybridized carbons (Fsp3) is 0.667. The second-order valence-electron chi connectivity index (χ2n) is 2.66. The van der Waals surface area contributed by atoms with E-state index in [9.17, 15) is 0 Å². The molecule has 9 heavy (non-hydrogen) atoms. The van der Waals surface area contributed by atoms with Crippen LogP contribution in [0.4, 0.5) is 0 Å². The van der Waals surface area contributed by atoms with E-state index in [1.54, 1.807) is 0 Å². The molecule has 0 heterocycles. The largest absolute Gasteiger partial charge is 0.346 e. The first-order valence-corrected chi connectivity index (χ1v) is 6.12. The van der Waals surface area contributed by atoms with Crippen LogP contribution < -0.4 is 0 Å².